The molecule has 0 aliphatic rings. The normalized spacial score (nSPS) is 10.7. The van der Waals surface area contributed by atoms with Crippen molar-refractivity contribution in [1.29, 1.82) is 0 Å². The lowest BCUT2D eigenvalue weighted by atomic mass is 9.97. The van der Waals surface area contributed by atoms with E-state index in [4.69, 9.17) is 4.74 Å². The molecule has 100 valence electrons. The fourth-order valence-electron chi connectivity index (χ4n) is 2.45. The first-order chi connectivity index (χ1) is 9.72. The number of hydrogen-bond donors (Lipinski definition) is 2. The average Bonchev–Trinajstić information content (AvgIpc) is 2.95. The highest BCUT2D eigenvalue weighted by Gasteiger charge is 2.18. The largest absolute Gasteiger partial charge is 0.496 e. The van der Waals surface area contributed by atoms with E-state index in [-0.39, 0.29) is 5.69 Å². The Morgan fingerprint density at radius 1 is 1.15 bits per heavy atom. The molecule has 4 heteroatoms. The Balaban J connectivity index is 2.39. The quantitative estimate of drug-likeness (QED) is 0.763. The summed E-state index contributed by atoms with van der Waals surface area (Å²) >= 11 is 0. The molecule has 2 aromatic carbocycles. The maximum Gasteiger partial charge on any atom is 0.352 e. The zero-order valence-corrected chi connectivity index (χ0v) is 10.9. The Kier molecular flexibility index (Phi) is 2.91. The van der Waals surface area contributed by atoms with E-state index < -0.39 is 5.97 Å². The topological polar surface area (TPSA) is 62.3 Å². The highest BCUT2D eigenvalue weighted by molar-refractivity contribution is 6.05. The third kappa shape index (κ3) is 1.82. The molecule has 3 aromatic rings. The van der Waals surface area contributed by atoms with Crippen LogP contribution in [-0.2, 0) is 0 Å². The maximum absolute atomic E-state index is 11.3. The van der Waals surface area contributed by atoms with Gasteiger partial charge in [-0.1, -0.05) is 30.3 Å². The average molecular weight is 267 g/mol. The Morgan fingerprint density at radius 2 is 1.95 bits per heavy atom. The minimum atomic E-state index is -0.986. The van der Waals surface area contributed by atoms with Crippen LogP contribution in [0.3, 0.4) is 0 Å². The number of ether oxygens (including phenoxy) is 1. The zero-order valence-electron chi connectivity index (χ0n) is 10.9. The number of carbonyl (C=O) groups is 1. The number of carboxylic acid groups (broad SMARTS) is 1. The second-order valence-electron chi connectivity index (χ2n) is 4.44. The minimum Gasteiger partial charge on any atom is -0.496 e. The highest BCUT2D eigenvalue weighted by atomic mass is 16.5. The lowest BCUT2D eigenvalue weighted by Gasteiger charge is -2.12. The van der Waals surface area contributed by atoms with Crippen molar-refractivity contribution in [3.8, 4) is 16.9 Å². The Labute approximate surface area is 115 Å². The Morgan fingerprint density at radius 3 is 2.70 bits per heavy atom. The summed E-state index contributed by atoms with van der Waals surface area (Å²) < 4.78 is 5.41. The van der Waals surface area contributed by atoms with Crippen LogP contribution in [0.25, 0.3) is 21.9 Å². The first-order valence-corrected chi connectivity index (χ1v) is 6.19. The first kappa shape index (κ1) is 12.3. The van der Waals surface area contributed by atoms with Gasteiger partial charge in [0.05, 0.1) is 7.11 Å². The van der Waals surface area contributed by atoms with E-state index in [9.17, 15) is 9.90 Å². The molecule has 0 unspecified atom stereocenters. The number of aromatic amines is 1. The number of carboxylic acids is 1. The fourth-order valence-corrected chi connectivity index (χ4v) is 2.45. The summed E-state index contributed by atoms with van der Waals surface area (Å²) in [6.07, 6.45) is 1.62. The van der Waals surface area contributed by atoms with E-state index in [1.165, 1.54) is 0 Å². The third-order valence-corrected chi connectivity index (χ3v) is 3.34. The van der Waals surface area contributed by atoms with Crippen LogP contribution in [0.2, 0.25) is 0 Å². The van der Waals surface area contributed by atoms with Crippen molar-refractivity contribution in [3.05, 3.63) is 54.4 Å². The predicted octanol–water partition coefficient (Wildman–Crippen LogP) is 3.54. The molecular weight excluding hydrogens is 254 g/mol. The van der Waals surface area contributed by atoms with Gasteiger partial charge < -0.3 is 14.8 Å². The van der Waals surface area contributed by atoms with E-state index in [1.54, 1.807) is 19.4 Å². The number of H-pyrrole nitrogens is 1. The van der Waals surface area contributed by atoms with Crippen LogP contribution >= 0.6 is 0 Å². The van der Waals surface area contributed by atoms with Crippen molar-refractivity contribution in [3.63, 3.8) is 0 Å². The maximum atomic E-state index is 11.3. The smallest absolute Gasteiger partial charge is 0.352 e. The molecule has 1 heterocycles. The molecule has 2 N–H and O–H groups in total. The number of rotatable bonds is 3. The van der Waals surface area contributed by atoms with Crippen LogP contribution in [0.5, 0.6) is 5.75 Å². The molecular formula is C16H13NO3. The summed E-state index contributed by atoms with van der Waals surface area (Å²) in [5.41, 5.74) is 1.59. The molecule has 0 radical (unpaired) electrons. The lowest BCUT2D eigenvalue weighted by molar-refractivity contribution is 0.0692. The number of fused-ring (bicyclic) bond motifs is 1. The summed E-state index contributed by atoms with van der Waals surface area (Å²) in [5.74, 6) is -0.328. The van der Waals surface area contributed by atoms with Gasteiger partial charge in [0.2, 0.25) is 0 Å². The van der Waals surface area contributed by atoms with Crippen LogP contribution < -0.4 is 4.74 Å². The van der Waals surface area contributed by atoms with Gasteiger partial charge in [-0.15, -0.1) is 0 Å². The SMILES string of the molecule is COc1ccc2ccccc2c1-c1cc[nH]c1C(=O)O. The summed E-state index contributed by atoms with van der Waals surface area (Å²) in [4.78, 5) is 14.1. The van der Waals surface area contributed by atoms with E-state index in [1.807, 2.05) is 36.4 Å². The number of aromatic carboxylic acids is 1. The van der Waals surface area contributed by atoms with Crippen LogP contribution in [0, 0.1) is 0 Å². The van der Waals surface area contributed by atoms with Crippen LogP contribution in [0.4, 0.5) is 0 Å². The van der Waals surface area contributed by atoms with Gasteiger partial charge in [-0.2, -0.15) is 0 Å². The van der Waals surface area contributed by atoms with E-state index in [0.717, 1.165) is 16.3 Å². The summed E-state index contributed by atoms with van der Waals surface area (Å²) in [6, 6.07) is 13.4. The van der Waals surface area contributed by atoms with Crippen molar-refractivity contribution in [2.24, 2.45) is 0 Å². The van der Waals surface area contributed by atoms with Crippen molar-refractivity contribution >= 4 is 16.7 Å². The van der Waals surface area contributed by atoms with Gasteiger partial charge in [-0.05, 0) is 22.9 Å². The van der Waals surface area contributed by atoms with Gasteiger partial charge in [0.1, 0.15) is 11.4 Å². The molecule has 20 heavy (non-hydrogen) atoms. The summed E-state index contributed by atoms with van der Waals surface area (Å²) in [7, 11) is 1.58. The molecule has 0 aliphatic heterocycles. The van der Waals surface area contributed by atoms with Crippen molar-refractivity contribution in [2.45, 2.75) is 0 Å². The summed E-state index contributed by atoms with van der Waals surface area (Å²) in [6.45, 7) is 0. The van der Waals surface area contributed by atoms with E-state index >= 15 is 0 Å². The number of methoxy groups -OCH3 is 1. The fraction of sp³-hybridized carbons (Fsp3) is 0.0625. The zero-order chi connectivity index (χ0) is 14.1. The number of hydrogen-bond acceptors (Lipinski definition) is 2. The Bertz CT molecular complexity index is 789. The lowest BCUT2D eigenvalue weighted by Crippen LogP contribution is -2.00. The molecule has 0 bridgehead atoms. The minimum absolute atomic E-state index is 0.166. The molecule has 1 aromatic heterocycles. The van der Waals surface area contributed by atoms with Crippen LogP contribution in [-0.4, -0.2) is 23.2 Å². The number of nitrogens with one attached hydrogen (secondary N) is 1. The summed E-state index contributed by atoms with van der Waals surface area (Å²) in [5, 5.41) is 11.3. The van der Waals surface area contributed by atoms with E-state index in [2.05, 4.69) is 4.98 Å². The van der Waals surface area contributed by atoms with Gasteiger partial charge in [-0.25, -0.2) is 4.79 Å². The van der Waals surface area contributed by atoms with Gasteiger partial charge >= 0.3 is 5.97 Å². The van der Waals surface area contributed by atoms with Gasteiger partial charge in [-0.3, -0.25) is 0 Å². The molecule has 3 rings (SSSR count). The van der Waals surface area contributed by atoms with Gasteiger partial charge in [0.15, 0.2) is 0 Å². The molecule has 0 fully saturated rings. The van der Waals surface area contributed by atoms with Gasteiger partial charge in [0.25, 0.3) is 0 Å². The molecule has 4 nitrogen and oxygen atoms in total. The second kappa shape index (κ2) is 4.74. The number of aromatic nitrogens is 1. The molecule has 0 saturated carbocycles. The van der Waals surface area contributed by atoms with Crippen molar-refractivity contribution in [2.75, 3.05) is 7.11 Å². The van der Waals surface area contributed by atoms with Gasteiger partial charge in [0, 0.05) is 17.3 Å². The van der Waals surface area contributed by atoms with Crippen LogP contribution in [0.1, 0.15) is 10.5 Å². The van der Waals surface area contributed by atoms with E-state index in [0.29, 0.717) is 11.3 Å². The monoisotopic (exact) mass is 267 g/mol. The van der Waals surface area contributed by atoms with Crippen molar-refractivity contribution in [1.82, 2.24) is 4.98 Å². The Hall–Kier alpha value is -2.75. The molecule has 0 amide bonds. The van der Waals surface area contributed by atoms with Crippen molar-refractivity contribution < 1.29 is 14.6 Å². The molecule has 0 aliphatic carbocycles. The molecule has 0 saturated heterocycles. The molecule has 0 atom stereocenters. The predicted molar refractivity (Wildman–Crippen MR) is 77.2 cm³/mol. The second-order valence-corrected chi connectivity index (χ2v) is 4.44. The number of benzene rings is 2. The van der Waals surface area contributed by atoms with Crippen LogP contribution in [0.15, 0.2) is 48.7 Å². The third-order valence-electron chi connectivity index (χ3n) is 3.34. The molecule has 0 spiro atoms. The first-order valence-electron chi connectivity index (χ1n) is 6.19. The standard InChI is InChI=1S/C16H13NO3/c1-20-13-7-6-10-4-2-3-5-11(10)14(13)12-8-9-17-15(12)16(18)19/h2-9,17H,1H3,(H,18,19). The highest BCUT2D eigenvalue weighted by Crippen LogP contribution is 2.38.